The first-order chi connectivity index (χ1) is 12.7. The Morgan fingerprint density at radius 1 is 1.41 bits per heavy atom. The molecule has 0 unspecified atom stereocenters. The van der Waals surface area contributed by atoms with E-state index in [9.17, 15) is 23.1 Å². The van der Waals surface area contributed by atoms with Gasteiger partial charge in [-0.1, -0.05) is 31.5 Å². The van der Waals surface area contributed by atoms with E-state index in [2.05, 4.69) is 5.10 Å². The third-order valence-corrected chi connectivity index (χ3v) is 5.49. The first-order valence-corrected chi connectivity index (χ1v) is 9.06. The third-order valence-electron chi connectivity index (χ3n) is 5.49. The molecule has 8 heteroatoms. The number of carbonyl (C=O) groups excluding carboxylic acids is 1. The lowest BCUT2D eigenvalue weighted by atomic mass is 9.74. The predicted octanol–water partition coefficient (Wildman–Crippen LogP) is 3.65. The van der Waals surface area contributed by atoms with Crippen LogP contribution in [0.1, 0.15) is 38.2 Å². The SMILES string of the molecule is CC[C@@H]1CCC2=NN(C(=O)COc3ccccc3C)[C@@](O)(C(F)(F)F)[C@@H]2C1. The van der Waals surface area contributed by atoms with Crippen molar-refractivity contribution < 1.29 is 27.8 Å². The number of ether oxygens (including phenoxy) is 1. The molecule has 3 atom stereocenters. The normalized spacial score (nSPS) is 27.9. The van der Waals surface area contributed by atoms with E-state index >= 15 is 0 Å². The number of para-hydroxylation sites is 1. The number of aliphatic hydroxyl groups is 1. The molecule has 1 fully saturated rings. The van der Waals surface area contributed by atoms with Crippen LogP contribution in [0, 0.1) is 18.8 Å². The molecule has 148 valence electrons. The van der Waals surface area contributed by atoms with Crippen LogP contribution in [0.25, 0.3) is 0 Å². The van der Waals surface area contributed by atoms with Crippen LogP contribution < -0.4 is 4.74 Å². The Hall–Kier alpha value is -2.09. The number of carbonyl (C=O) groups is 1. The van der Waals surface area contributed by atoms with Gasteiger partial charge in [0.05, 0.1) is 5.92 Å². The monoisotopic (exact) mass is 384 g/mol. The van der Waals surface area contributed by atoms with Crippen LogP contribution in [-0.4, -0.2) is 40.2 Å². The van der Waals surface area contributed by atoms with Gasteiger partial charge in [-0.15, -0.1) is 0 Å². The lowest BCUT2D eigenvalue weighted by Gasteiger charge is -2.39. The summed E-state index contributed by atoms with van der Waals surface area (Å²) in [6, 6.07) is 6.88. The second-order valence-electron chi connectivity index (χ2n) is 7.18. The van der Waals surface area contributed by atoms with Gasteiger partial charge in [-0.3, -0.25) is 4.79 Å². The van der Waals surface area contributed by atoms with Crippen LogP contribution in [0.3, 0.4) is 0 Å². The first-order valence-electron chi connectivity index (χ1n) is 9.06. The van der Waals surface area contributed by atoms with Gasteiger partial charge in [0.25, 0.3) is 11.6 Å². The molecule has 0 bridgehead atoms. The number of hydrogen-bond donors (Lipinski definition) is 1. The molecule has 2 aliphatic rings. The molecule has 1 heterocycles. The third kappa shape index (κ3) is 3.42. The zero-order valence-corrected chi connectivity index (χ0v) is 15.3. The van der Waals surface area contributed by atoms with E-state index < -0.39 is 30.3 Å². The number of fused-ring (bicyclic) bond motifs is 1. The van der Waals surface area contributed by atoms with Gasteiger partial charge >= 0.3 is 6.18 Å². The number of rotatable bonds is 4. The maximum Gasteiger partial charge on any atom is 0.439 e. The van der Waals surface area contributed by atoms with Gasteiger partial charge in [-0.25, -0.2) is 0 Å². The standard InChI is InChI=1S/C19H23F3N2O3/c1-3-13-8-9-15-14(10-13)18(26,19(20,21)22)24(23-15)17(25)11-27-16-7-5-4-6-12(16)2/h4-7,13-14,26H,3,8-11H2,1-2H3/t13-,14-,18+/m1/s1. The Morgan fingerprint density at radius 3 is 2.74 bits per heavy atom. The first kappa shape index (κ1) is 19.7. The number of aryl methyl sites for hydroxylation is 1. The molecule has 1 amide bonds. The van der Waals surface area contributed by atoms with Crippen molar-refractivity contribution in [3.63, 3.8) is 0 Å². The lowest BCUT2D eigenvalue weighted by molar-refractivity contribution is -0.318. The Labute approximate surface area is 155 Å². The fourth-order valence-corrected chi connectivity index (χ4v) is 3.84. The maximum absolute atomic E-state index is 13.8. The number of alkyl halides is 3. The maximum atomic E-state index is 13.8. The van der Waals surface area contributed by atoms with E-state index in [-0.39, 0.29) is 23.1 Å². The Morgan fingerprint density at radius 2 is 2.11 bits per heavy atom. The Balaban J connectivity index is 1.83. The van der Waals surface area contributed by atoms with Gasteiger partial charge in [0.2, 0.25) is 0 Å². The van der Waals surface area contributed by atoms with Crippen molar-refractivity contribution >= 4 is 11.6 Å². The fraction of sp³-hybridized carbons (Fsp3) is 0.579. The number of nitrogens with zero attached hydrogens (tertiary/aromatic N) is 2. The van der Waals surface area contributed by atoms with Crippen molar-refractivity contribution in [1.82, 2.24) is 5.01 Å². The molecule has 0 spiro atoms. The van der Waals surface area contributed by atoms with Gasteiger partial charge in [0, 0.05) is 5.71 Å². The average Bonchev–Trinajstić information content (AvgIpc) is 2.94. The predicted molar refractivity (Wildman–Crippen MR) is 93.1 cm³/mol. The van der Waals surface area contributed by atoms with E-state index in [1.54, 1.807) is 31.2 Å². The van der Waals surface area contributed by atoms with Gasteiger partial charge in [0.1, 0.15) is 5.75 Å². The number of hydrazone groups is 1. The highest BCUT2D eigenvalue weighted by Gasteiger charge is 2.68. The molecule has 1 aliphatic heterocycles. The molecule has 0 radical (unpaired) electrons. The Kier molecular flexibility index (Phi) is 5.20. The second-order valence-corrected chi connectivity index (χ2v) is 7.18. The number of hydrogen-bond acceptors (Lipinski definition) is 4. The molecule has 0 saturated heterocycles. The zero-order valence-electron chi connectivity index (χ0n) is 15.3. The molecule has 5 nitrogen and oxygen atoms in total. The summed E-state index contributed by atoms with van der Waals surface area (Å²) in [7, 11) is 0. The minimum absolute atomic E-state index is 0.0705. The molecule has 3 rings (SSSR count). The number of halogens is 3. The van der Waals surface area contributed by atoms with Crippen LogP contribution in [0.15, 0.2) is 29.4 Å². The van der Waals surface area contributed by atoms with Crippen molar-refractivity contribution in [3.8, 4) is 5.75 Å². The molecular formula is C19H23F3N2O3. The van der Waals surface area contributed by atoms with Crippen LogP contribution in [0.4, 0.5) is 13.2 Å². The van der Waals surface area contributed by atoms with Crippen molar-refractivity contribution in [1.29, 1.82) is 0 Å². The summed E-state index contributed by atoms with van der Waals surface area (Å²) in [5.41, 5.74) is -2.32. The summed E-state index contributed by atoms with van der Waals surface area (Å²) in [5, 5.41) is 14.7. The number of amides is 1. The van der Waals surface area contributed by atoms with Crippen molar-refractivity contribution in [2.24, 2.45) is 16.9 Å². The second kappa shape index (κ2) is 7.14. The molecule has 0 aromatic heterocycles. The van der Waals surface area contributed by atoms with Crippen molar-refractivity contribution in [2.45, 2.75) is 51.4 Å². The van der Waals surface area contributed by atoms with Crippen LogP contribution in [-0.2, 0) is 4.79 Å². The zero-order chi connectivity index (χ0) is 19.8. The molecular weight excluding hydrogens is 361 g/mol. The van der Waals surface area contributed by atoms with E-state index in [4.69, 9.17) is 4.74 Å². The van der Waals surface area contributed by atoms with Gasteiger partial charge in [-0.2, -0.15) is 23.3 Å². The van der Waals surface area contributed by atoms with Crippen LogP contribution in [0.2, 0.25) is 0 Å². The summed E-state index contributed by atoms with van der Waals surface area (Å²) in [5.74, 6) is -1.77. The lowest BCUT2D eigenvalue weighted by Crippen LogP contribution is -2.62. The van der Waals surface area contributed by atoms with E-state index in [1.165, 1.54) is 0 Å². The topological polar surface area (TPSA) is 62.1 Å². The summed E-state index contributed by atoms with van der Waals surface area (Å²) < 4.78 is 46.9. The van der Waals surface area contributed by atoms with Crippen molar-refractivity contribution in [3.05, 3.63) is 29.8 Å². The highest BCUT2D eigenvalue weighted by Crippen LogP contribution is 2.49. The Bertz CT molecular complexity index is 750. The highest BCUT2D eigenvalue weighted by atomic mass is 19.4. The van der Waals surface area contributed by atoms with E-state index in [1.807, 2.05) is 6.92 Å². The molecule has 27 heavy (non-hydrogen) atoms. The molecule has 1 saturated carbocycles. The molecule has 1 N–H and O–H groups in total. The molecule has 1 aliphatic carbocycles. The van der Waals surface area contributed by atoms with E-state index in [0.29, 0.717) is 18.6 Å². The van der Waals surface area contributed by atoms with Crippen LogP contribution in [0.5, 0.6) is 5.75 Å². The number of benzene rings is 1. The van der Waals surface area contributed by atoms with Gasteiger partial charge < -0.3 is 9.84 Å². The quantitative estimate of drug-likeness (QED) is 0.862. The highest BCUT2D eigenvalue weighted by molar-refractivity contribution is 5.93. The van der Waals surface area contributed by atoms with Gasteiger partial charge in [0.15, 0.2) is 6.61 Å². The summed E-state index contributed by atoms with van der Waals surface area (Å²) >= 11 is 0. The van der Waals surface area contributed by atoms with Gasteiger partial charge in [-0.05, 0) is 43.7 Å². The summed E-state index contributed by atoms with van der Waals surface area (Å²) in [6.07, 6.45) is -3.07. The minimum Gasteiger partial charge on any atom is -0.483 e. The largest absolute Gasteiger partial charge is 0.483 e. The summed E-state index contributed by atoms with van der Waals surface area (Å²) in [6.45, 7) is 3.04. The summed E-state index contributed by atoms with van der Waals surface area (Å²) in [4.78, 5) is 12.5. The van der Waals surface area contributed by atoms with E-state index in [0.717, 1.165) is 12.0 Å². The fourth-order valence-electron chi connectivity index (χ4n) is 3.84. The minimum atomic E-state index is -5.02. The average molecular weight is 384 g/mol. The smallest absolute Gasteiger partial charge is 0.439 e. The van der Waals surface area contributed by atoms with Crippen LogP contribution >= 0.6 is 0 Å². The van der Waals surface area contributed by atoms with Crippen molar-refractivity contribution in [2.75, 3.05) is 6.61 Å². The molecule has 1 aromatic rings. The molecule has 1 aromatic carbocycles.